The molecule has 3 nitrogen and oxygen atoms in total. The van der Waals surface area contributed by atoms with Gasteiger partial charge in [-0.3, -0.25) is 4.79 Å². The minimum absolute atomic E-state index is 0.0498. The van der Waals surface area contributed by atoms with Gasteiger partial charge < -0.3 is 9.47 Å². The Bertz CT molecular complexity index is 622. The maximum Gasteiger partial charge on any atom is 0.314 e. The van der Waals surface area contributed by atoms with E-state index in [0.29, 0.717) is 5.75 Å². The fourth-order valence-corrected chi connectivity index (χ4v) is 5.83. The molecule has 2 aliphatic carbocycles. The summed E-state index contributed by atoms with van der Waals surface area (Å²) in [5, 5.41) is 0. The van der Waals surface area contributed by atoms with E-state index >= 15 is 0 Å². The van der Waals surface area contributed by atoms with Crippen molar-refractivity contribution in [1.29, 1.82) is 0 Å². The first-order chi connectivity index (χ1) is 15.2. The second-order valence-corrected chi connectivity index (χ2v) is 10.0. The van der Waals surface area contributed by atoms with Crippen molar-refractivity contribution >= 4 is 5.97 Å². The summed E-state index contributed by atoms with van der Waals surface area (Å²) < 4.78 is 10.8. The lowest BCUT2D eigenvalue weighted by molar-refractivity contribution is -0.140. The van der Waals surface area contributed by atoms with Gasteiger partial charge in [0, 0.05) is 0 Å². The smallest absolute Gasteiger partial charge is 0.314 e. The number of hydrogen-bond donors (Lipinski definition) is 0. The van der Waals surface area contributed by atoms with E-state index in [1.54, 1.807) is 7.11 Å². The zero-order valence-corrected chi connectivity index (χ0v) is 20.0. The predicted molar refractivity (Wildman–Crippen MR) is 128 cm³/mol. The van der Waals surface area contributed by atoms with Crippen LogP contribution in [-0.4, -0.2) is 13.1 Å². The van der Waals surface area contributed by atoms with Crippen molar-refractivity contribution in [3.8, 4) is 11.5 Å². The zero-order valence-electron chi connectivity index (χ0n) is 20.0. The van der Waals surface area contributed by atoms with E-state index in [-0.39, 0.29) is 11.9 Å². The zero-order chi connectivity index (χ0) is 21.9. The van der Waals surface area contributed by atoms with Crippen molar-refractivity contribution in [2.75, 3.05) is 7.11 Å². The van der Waals surface area contributed by atoms with Crippen LogP contribution >= 0.6 is 0 Å². The third kappa shape index (κ3) is 7.84. The lowest BCUT2D eigenvalue weighted by Gasteiger charge is -2.37. The topological polar surface area (TPSA) is 35.5 Å². The molecule has 0 aliphatic heterocycles. The molecular formula is C28H44O3. The van der Waals surface area contributed by atoms with E-state index in [0.717, 1.165) is 36.3 Å². The largest absolute Gasteiger partial charge is 0.497 e. The summed E-state index contributed by atoms with van der Waals surface area (Å²) in [7, 11) is 1.64. The maximum atomic E-state index is 12.6. The highest BCUT2D eigenvalue weighted by molar-refractivity contribution is 5.75. The molecule has 3 heteroatoms. The Kier molecular flexibility index (Phi) is 10.2. The van der Waals surface area contributed by atoms with E-state index in [4.69, 9.17) is 9.47 Å². The fraction of sp³-hybridized carbons (Fsp3) is 0.750. The Hall–Kier alpha value is -1.51. The fourth-order valence-electron chi connectivity index (χ4n) is 5.83. The molecule has 0 saturated heterocycles. The molecule has 1 aromatic rings. The minimum atomic E-state index is -0.0498. The molecule has 2 fully saturated rings. The molecule has 1 aromatic carbocycles. The van der Waals surface area contributed by atoms with Crippen molar-refractivity contribution in [2.24, 2.45) is 23.7 Å². The lowest BCUT2D eigenvalue weighted by Crippen LogP contribution is -2.30. The van der Waals surface area contributed by atoms with Gasteiger partial charge in [0.25, 0.3) is 0 Å². The average Bonchev–Trinajstić information content (AvgIpc) is 2.82. The van der Waals surface area contributed by atoms with Gasteiger partial charge in [-0.1, -0.05) is 64.7 Å². The SMILES string of the molecule is CCCCCCCCC1CCC(C2CCC(C(=O)Oc3ccc(OC)cc3)CC2)CC1. The van der Waals surface area contributed by atoms with Crippen molar-refractivity contribution in [2.45, 2.75) is 103 Å². The molecule has 3 rings (SSSR count). The summed E-state index contributed by atoms with van der Waals surface area (Å²) in [6.45, 7) is 2.29. The third-order valence-electron chi connectivity index (χ3n) is 7.91. The summed E-state index contributed by atoms with van der Waals surface area (Å²) in [6.07, 6.45) is 20.1. The van der Waals surface area contributed by atoms with Gasteiger partial charge in [-0.2, -0.15) is 0 Å². The van der Waals surface area contributed by atoms with Crippen molar-refractivity contribution < 1.29 is 14.3 Å². The van der Waals surface area contributed by atoms with Crippen LogP contribution in [0.15, 0.2) is 24.3 Å². The van der Waals surface area contributed by atoms with Crippen molar-refractivity contribution in [3.63, 3.8) is 0 Å². The molecule has 0 amide bonds. The molecule has 0 heterocycles. The summed E-state index contributed by atoms with van der Waals surface area (Å²) in [5.41, 5.74) is 0. The standard InChI is InChI=1S/C28H44O3/c1-3-4-5-6-7-8-9-22-10-12-23(13-11-22)24-14-16-25(17-15-24)28(29)31-27-20-18-26(30-2)19-21-27/h18-25H,3-17H2,1-2H3. The molecule has 0 spiro atoms. The van der Waals surface area contributed by atoms with Gasteiger partial charge in [0.05, 0.1) is 13.0 Å². The first kappa shape index (κ1) is 24.1. The molecule has 31 heavy (non-hydrogen) atoms. The number of hydrogen-bond acceptors (Lipinski definition) is 3. The van der Waals surface area contributed by atoms with Gasteiger partial charge in [-0.25, -0.2) is 0 Å². The van der Waals surface area contributed by atoms with Gasteiger partial charge in [-0.15, -0.1) is 0 Å². The summed E-state index contributed by atoms with van der Waals surface area (Å²) in [4.78, 5) is 12.6. The van der Waals surface area contributed by atoms with E-state index in [9.17, 15) is 4.79 Å². The van der Waals surface area contributed by atoms with Crippen LogP contribution in [0.3, 0.4) is 0 Å². The number of esters is 1. The lowest BCUT2D eigenvalue weighted by atomic mass is 9.68. The van der Waals surface area contributed by atoms with E-state index in [2.05, 4.69) is 6.92 Å². The Labute approximate surface area is 190 Å². The maximum absolute atomic E-state index is 12.6. The normalized spacial score (nSPS) is 26.4. The highest BCUT2D eigenvalue weighted by Gasteiger charge is 2.33. The van der Waals surface area contributed by atoms with Crippen LogP contribution in [-0.2, 0) is 4.79 Å². The first-order valence-electron chi connectivity index (χ1n) is 13.0. The number of benzene rings is 1. The first-order valence-corrected chi connectivity index (χ1v) is 13.0. The summed E-state index contributed by atoms with van der Waals surface area (Å²) >= 11 is 0. The van der Waals surface area contributed by atoms with Gasteiger partial charge in [0.15, 0.2) is 0 Å². The summed E-state index contributed by atoms with van der Waals surface area (Å²) in [5.74, 6) is 4.14. The van der Waals surface area contributed by atoms with Crippen molar-refractivity contribution in [3.05, 3.63) is 24.3 Å². The van der Waals surface area contributed by atoms with Crippen LogP contribution in [0.5, 0.6) is 11.5 Å². The van der Waals surface area contributed by atoms with E-state index < -0.39 is 0 Å². The quantitative estimate of drug-likeness (QED) is 0.204. The minimum Gasteiger partial charge on any atom is -0.497 e. The molecule has 2 saturated carbocycles. The van der Waals surface area contributed by atoms with Gasteiger partial charge >= 0.3 is 5.97 Å². The van der Waals surface area contributed by atoms with Crippen LogP contribution in [0.2, 0.25) is 0 Å². The van der Waals surface area contributed by atoms with Crippen LogP contribution < -0.4 is 9.47 Å². The molecule has 0 atom stereocenters. The van der Waals surface area contributed by atoms with Crippen LogP contribution in [0.4, 0.5) is 0 Å². The summed E-state index contributed by atoms with van der Waals surface area (Å²) in [6, 6.07) is 7.29. The number of rotatable bonds is 11. The number of ether oxygens (including phenoxy) is 2. The molecule has 0 bridgehead atoms. The monoisotopic (exact) mass is 428 g/mol. The molecule has 0 aromatic heterocycles. The highest BCUT2D eigenvalue weighted by atomic mass is 16.5. The predicted octanol–water partition coefficient (Wildman–Crippen LogP) is 7.96. The van der Waals surface area contributed by atoms with E-state index in [1.165, 1.54) is 83.5 Å². The Balaban J connectivity index is 1.30. The molecule has 0 radical (unpaired) electrons. The van der Waals surface area contributed by atoms with Crippen LogP contribution in [0.25, 0.3) is 0 Å². The molecule has 0 N–H and O–H groups in total. The second-order valence-electron chi connectivity index (χ2n) is 10.0. The van der Waals surface area contributed by atoms with Gasteiger partial charge in [0.2, 0.25) is 0 Å². The second kappa shape index (κ2) is 13.1. The number of unbranched alkanes of at least 4 members (excludes halogenated alkanes) is 5. The van der Waals surface area contributed by atoms with Gasteiger partial charge in [-0.05, 0) is 80.5 Å². The van der Waals surface area contributed by atoms with Gasteiger partial charge in [0.1, 0.15) is 11.5 Å². The number of carbonyl (C=O) groups is 1. The van der Waals surface area contributed by atoms with Crippen molar-refractivity contribution in [1.82, 2.24) is 0 Å². The molecule has 2 aliphatic rings. The number of methoxy groups -OCH3 is 1. The average molecular weight is 429 g/mol. The van der Waals surface area contributed by atoms with Crippen LogP contribution in [0, 0.1) is 23.7 Å². The Morgan fingerprint density at radius 1 is 0.774 bits per heavy atom. The number of carbonyl (C=O) groups excluding carboxylic acids is 1. The van der Waals surface area contributed by atoms with Crippen LogP contribution in [0.1, 0.15) is 103 Å². The Morgan fingerprint density at radius 2 is 1.32 bits per heavy atom. The molecule has 0 unspecified atom stereocenters. The van der Waals surface area contributed by atoms with E-state index in [1.807, 2.05) is 24.3 Å². The molecular weight excluding hydrogens is 384 g/mol. The Morgan fingerprint density at radius 3 is 1.94 bits per heavy atom. The third-order valence-corrected chi connectivity index (χ3v) is 7.91. The highest BCUT2D eigenvalue weighted by Crippen LogP contribution is 2.42. The molecule has 174 valence electrons.